The highest BCUT2D eigenvalue weighted by molar-refractivity contribution is 6.47. The summed E-state index contributed by atoms with van der Waals surface area (Å²) < 4.78 is 0. The lowest BCUT2D eigenvalue weighted by Gasteiger charge is -2.46. The maximum atomic E-state index is 13.9. The number of carbonyl (C=O) groups excluding carboxylic acids is 1. The summed E-state index contributed by atoms with van der Waals surface area (Å²) in [7, 11) is 0. The number of tetrazole rings is 1. The molecule has 2 aromatic carbocycles. The molecule has 1 aliphatic carbocycles. The van der Waals surface area contributed by atoms with E-state index in [1.165, 1.54) is 5.56 Å². The Morgan fingerprint density at radius 1 is 1.07 bits per heavy atom. The number of H-pyrrole nitrogens is 1. The van der Waals surface area contributed by atoms with Crippen molar-refractivity contribution in [1.82, 2.24) is 20.6 Å². The minimum Gasteiger partial charge on any atom is -0.292 e. The van der Waals surface area contributed by atoms with Crippen LogP contribution in [0.15, 0.2) is 52.4 Å². The van der Waals surface area contributed by atoms with Crippen LogP contribution in [0.5, 0.6) is 0 Å². The lowest BCUT2D eigenvalue weighted by atomic mass is 9.62. The van der Waals surface area contributed by atoms with Crippen molar-refractivity contribution in [2.24, 2.45) is 33.2 Å². The van der Waals surface area contributed by atoms with Crippen molar-refractivity contribution in [1.29, 1.82) is 0 Å². The van der Waals surface area contributed by atoms with E-state index in [1.807, 2.05) is 19.1 Å². The molecule has 2 heterocycles. The number of carbonyl (C=O) groups is 1. The van der Waals surface area contributed by atoms with E-state index >= 15 is 0 Å². The van der Waals surface area contributed by atoms with Gasteiger partial charge in [0.2, 0.25) is 0 Å². The largest absolute Gasteiger partial charge is 0.292 e. The summed E-state index contributed by atoms with van der Waals surface area (Å²) in [6, 6.07) is 13.7. The molecule has 2 atom stereocenters. The van der Waals surface area contributed by atoms with E-state index in [-0.39, 0.29) is 28.6 Å². The van der Waals surface area contributed by atoms with Crippen LogP contribution in [0.4, 0.5) is 5.95 Å². The van der Waals surface area contributed by atoms with Crippen LogP contribution in [0.25, 0.3) is 0 Å². The number of nitrogens with zero attached hydrogens (tertiary/aromatic N) is 5. The molecular formula is C32H38Cl2N6O. The fraction of sp³-hybridized carbons (Fsp3) is 0.500. The number of aromatic nitrogens is 4. The minimum atomic E-state index is -0.295. The van der Waals surface area contributed by atoms with Crippen LogP contribution in [-0.2, 0) is 11.2 Å². The average molecular weight is 594 g/mol. The summed E-state index contributed by atoms with van der Waals surface area (Å²) in [5.41, 5.74) is 4.20. The number of ketones is 1. The third-order valence-electron chi connectivity index (χ3n) is 9.28. The lowest BCUT2D eigenvalue weighted by molar-refractivity contribution is -0.113. The van der Waals surface area contributed by atoms with Crippen LogP contribution < -0.4 is 0 Å². The van der Waals surface area contributed by atoms with E-state index in [4.69, 9.17) is 28.2 Å². The SMILES string of the molecule is CC(=Nc1nn[nH]n1)c1ccc(CC2CC(=O)C(c3cc(Cl)cc(Cl)c3)=NC3(CCC(C(C)(C)C)CC3)C2C)cc1. The molecule has 2 unspecified atom stereocenters. The summed E-state index contributed by atoms with van der Waals surface area (Å²) in [6.07, 6.45) is 5.40. The van der Waals surface area contributed by atoms with Gasteiger partial charge in [-0.15, -0.1) is 5.10 Å². The number of hydrogen-bond acceptors (Lipinski definition) is 6. The molecule has 0 amide bonds. The molecule has 0 bridgehead atoms. The van der Waals surface area contributed by atoms with Crippen molar-refractivity contribution in [2.75, 3.05) is 0 Å². The Labute approximate surface area is 252 Å². The highest BCUT2D eigenvalue weighted by Gasteiger charge is 2.47. The maximum absolute atomic E-state index is 13.9. The van der Waals surface area contributed by atoms with Gasteiger partial charge in [-0.25, -0.2) is 4.99 Å². The zero-order valence-electron chi connectivity index (χ0n) is 24.4. The van der Waals surface area contributed by atoms with Crippen LogP contribution in [0.1, 0.15) is 83.4 Å². The molecule has 0 saturated heterocycles. The molecule has 0 radical (unpaired) electrons. The van der Waals surface area contributed by atoms with Gasteiger partial charge in [-0.3, -0.25) is 9.79 Å². The van der Waals surface area contributed by atoms with E-state index in [9.17, 15) is 4.79 Å². The smallest absolute Gasteiger partial charge is 0.289 e. The second-order valence-corrected chi connectivity index (χ2v) is 13.7. The van der Waals surface area contributed by atoms with Gasteiger partial charge >= 0.3 is 0 Å². The number of benzene rings is 2. The van der Waals surface area contributed by atoms with Crippen molar-refractivity contribution in [3.63, 3.8) is 0 Å². The predicted molar refractivity (Wildman–Crippen MR) is 166 cm³/mol. The van der Waals surface area contributed by atoms with Crippen LogP contribution in [0.3, 0.4) is 0 Å². The second-order valence-electron chi connectivity index (χ2n) is 12.8. The third-order valence-corrected chi connectivity index (χ3v) is 9.72. The van der Waals surface area contributed by atoms with Crippen LogP contribution in [0.2, 0.25) is 10.0 Å². The van der Waals surface area contributed by atoms with Gasteiger partial charge in [0, 0.05) is 27.7 Å². The second kappa shape index (κ2) is 11.8. The quantitative estimate of drug-likeness (QED) is 0.305. The van der Waals surface area contributed by atoms with E-state index in [0.29, 0.717) is 34.0 Å². The van der Waals surface area contributed by atoms with Gasteiger partial charge in [-0.1, -0.05) is 80.3 Å². The van der Waals surface area contributed by atoms with Crippen molar-refractivity contribution in [3.05, 3.63) is 69.2 Å². The van der Waals surface area contributed by atoms with Crippen LogP contribution >= 0.6 is 23.2 Å². The summed E-state index contributed by atoms with van der Waals surface area (Å²) in [4.78, 5) is 23.7. The van der Waals surface area contributed by atoms with Gasteiger partial charge in [-0.05, 0) is 96.7 Å². The number of aromatic amines is 1. The van der Waals surface area contributed by atoms with Gasteiger partial charge in [0.05, 0.1) is 5.54 Å². The molecule has 3 aromatic rings. The van der Waals surface area contributed by atoms with E-state index < -0.39 is 0 Å². The first-order chi connectivity index (χ1) is 19.4. The number of nitrogens with one attached hydrogen (secondary N) is 1. The summed E-state index contributed by atoms with van der Waals surface area (Å²) in [6.45, 7) is 11.2. The van der Waals surface area contributed by atoms with Crippen molar-refractivity contribution in [2.45, 2.75) is 78.7 Å². The molecule has 216 valence electrons. The molecule has 1 fully saturated rings. The Bertz CT molecular complexity index is 1430. The highest BCUT2D eigenvalue weighted by Crippen LogP contribution is 2.50. The zero-order valence-corrected chi connectivity index (χ0v) is 25.9. The van der Waals surface area contributed by atoms with Crippen molar-refractivity contribution >= 4 is 46.4 Å². The molecule has 1 saturated carbocycles. The molecular weight excluding hydrogens is 555 g/mol. The summed E-state index contributed by atoms with van der Waals surface area (Å²) in [5, 5.41) is 14.8. The van der Waals surface area contributed by atoms with Gasteiger partial charge in [-0.2, -0.15) is 5.21 Å². The normalized spacial score (nSPS) is 25.7. The lowest BCUT2D eigenvalue weighted by Crippen LogP contribution is -2.44. The van der Waals surface area contributed by atoms with Gasteiger partial charge in [0.1, 0.15) is 5.71 Å². The first-order valence-electron chi connectivity index (χ1n) is 14.4. The molecule has 1 aliphatic heterocycles. The first kappa shape index (κ1) is 29.6. The Hall–Kier alpha value is -2.90. The van der Waals surface area contributed by atoms with Gasteiger partial charge < -0.3 is 0 Å². The number of hydrogen-bond donors (Lipinski definition) is 1. The summed E-state index contributed by atoms with van der Waals surface area (Å²) in [5.74, 6) is 1.41. The first-order valence-corrected chi connectivity index (χ1v) is 15.2. The Morgan fingerprint density at radius 2 is 1.73 bits per heavy atom. The van der Waals surface area contributed by atoms with Crippen molar-refractivity contribution < 1.29 is 4.79 Å². The molecule has 41 heavy (non-hydrogen) atoms. The number of Topliss-reactive ketones (excluding diaryl/α,β-unsaturated/α-hetero) is 1. The van der Waals surface area contributed by atoms with Gasteiger partial charge in [0.25, 0.3) is 5.95 Å². The number of rotatable bonds is 5. The van der Waals surface area contributed by atoms with E-state index in [0.717, 1.165) is 48.9 Å². The maximum Gasteiger partial charge on any atom is 0.289 e. The molecule has 7 nitrogen and oxygen atoms in total. The van der Waals surface area contributed by atoms with Crippen molar-refractivity contribution in [3.8, 4) is 0 Å². The summed E-state index contributed by atoms with van der Waals surface area (Å²) >= 11 is 12.7. The van der Waals surface area contributed by atoms with E-state index in [2.05, 4.69) is 77.6 Å². The molecule has 2 aliphatic rings. The monoisotopic (exact) mass is 592 g/mol. The third kappa shape index (κ3) is 6.62. The molecule has 5 rings (SSSR count). The standard InChI is InChI=1S/C32H38Cl2N6O/c1-19-23(14-21-6-8-22(9-7-21)20(2)35-30-37-39-40-38-30)17-28(41)29(24-15-26(33)18-27(34)16-24)36-32(19)12-10-25(11-13-32)31(3,4)5/h6-9,15-16,18-19,23,25H,10-14,17H2,1-5H3,(H,37,38,39,40). The number of halogens is 2. The Kier molecular flexibility index (Phi) is 8.49. The number of aliphatic imine (C=N–C) groups is 2. The fourth-order valence-corrected chi connectivity index (χ4v) is 7.18. The molecule has 1 spiro atoms. The van der Waals surface area contributed by atoms with Crippen LogP contribution in [-0.4, -0.2) is 43.4 Å². The topological polar surface area (TPSA) is 96.2 Å². The highest BCUT2D eigenvalue weighted by atomic mass is 35.5. The fourth-order valence-electron chi connectivity index (χ4n) is 6.66. The molecule has 1 N–H and O–H groups in total. The average Bonchev–Trinajstić information content (AvgIpc) is 3.40. The van der Waals surface area contributed by atoms with Crippen LogP contribution in [0, 0.1) is 23.2 Å². The Balaban J connectivity index is 1.44. The van der Waals surface area contributed by atoms with Gasteiger partial charge in [0.15, 0.2) is 5.78 Å². The molecule has 1 aromatic heterocycles. The zero-order chi connectivity index (χ0) is 29.4. The Morgan fingerprint density at radius 3 is 2.32 bits per heavy atom. The van der Waals surface area contributed by atoms with E-state index in [1.54, 1.807) is 6.07 Å². The molecule has 9 heteroatoms. The minimum absolute atomic E-state index is 0.0645. The predicted octanol–water partition coefficient (Wildman–Crippen LogP) is 7.88.